The highest BCUT2D eigenvalue weighted by molar-refractivity contribution is 6.31. The van der Waals surface area contributed by atoms with Crippen molar-refractivity contribution in [3.63, 3.8) is 0 Å². The molecule has 4 nitrogen and oxygen atoms in total. The predicted octanol–water partition coefficient (Wildman–Crippen LogP) is 5.79. The van der Waals surface area contributed by atoms with E-state index in [2.05, 4.69) is 0 Å². The molecule has 1 heterocycles. The van der Waals surface area contributed by atoms with Crippen LogP contribution in [-0.4, -0.2) is 15.6 Å². The molecule has 150 valence electrons. The van der Waals surface area contributed by atoms with Crippen LogP contribution >= 0.6 is 23.2 Å². The summed E-state index contributed by atoms with van der Waals surface area (Å²) in [6.07, 6.45) is 0. The summed E-state index contributed by atoms with van der Waals surface area (Å²) in [7, 11) is 0. The second kappa shape index (κ2) is 7.97. The third kappa shape index (κ3) is 3.66. The van der Waals surface area contributed by atoms with Gasteiger partial charge in [-0.2, -0.15) is 0 Å². The summed E-state index contributed by atoms with van der Waals surface area (Å²) in [5.41, 5.74) is -1.05. The molecule has 0 spiro atoms. The quantitative estimate of drug-likeness (QED) is 0.561. The van der Waals surface area contributed by atoms with E-state index in [1.54, 1.807) is 13.8 Å². The number of hydrogen-bond donors (Lipinski definition) is 1. The van der Waals surface area contributed by atoms with Crippen molar-refractivity contribution in [3.05, 3.63) is 79.6 Å². The van der Waals surface area contributed by atoms with Gasteiger partial charge in [-0.1, -0.05) is 29.3 Å². The highest BCUT2D eigenvalue weighted by Crippen LogP contribution is 2.32. The lowest BCUT2D eigenvalue weighted by molar-refractivity contribution is 0.0695. The molecule has 1 aromatic heterocycles. The maximum absolute atomic E-state index is 14.5. The van der Waals surface area contributed by atoms with E-state index in [9.17, 15) is 23.5 Å². The molecule has 0 aliphatic heterocycles. The minimum atomic E-state index is -1.50. The first-order valence-corrected chi connectivity index (χ1v) is 9.34. The molecule has 8 heteroatoms. The Morgan fingerprint density at radius 3 is 2.34 bits per heavy atom. The maximum atomic E-state index is 14.5. The Hall–Kier alpha value is -2.70. The van der Waals surface area contributed by atoms with Crippen molar-refractivity contribution in [2.45, 2.75) is 20.4 Å². The summed E-state index contributed by atoms with van der Waals surface area (Å²) in [4.78, 5) is 25.2. The molecule has 0 saturated heterocycles. The van der Waals surface area contributed by atoms with E-state index in [1.165, 1.54) is 28.8 Å². The predicted molar refractivity (Wildman–Crippen MR) is 109 cm³/mol. The number of halogens is 4. The Kier molecular flexibility index (Phi) is 5.78. The van der Waals surface area contributed by atoms with Gasteiger partial charge in [0.2, 0.25) is 5.43 Å². The number of benzene rings is 2. The first kappa shape index (κ1) is 21.0. The van der Waals surface area contributed by atoms with Gasteiger partial charge in [-0.25, -0.2) is 13.6 Å². The zero-order valence-corrected chi connectivity index (χ0v) is 16.9. The van der Waals surface area contributed by atoms with Crippen molar-refractivity contribution in [1.82, 2.24) is 4.57 Å². The van der Waals surface area contributed by atoms with Gasteiger partial charge in [-0.3, -0.25) is 4.79 Å². The topological polar surface area (TPSA) is 59.3 Å². The van der Waals surface area contributed by atoms with Crippen molar-refractivity contribution in [3.8, 4) is 22.4 Å². The van der Waals surface area contributed by atoms with Crippen LogP contribution in [0.3, 0.4) is 0 Å². The van der Waals surface area contributed by atoms with Gasteiger partial charge in [-0.05, 0) is 44.2 Å². The molecule has 0 atom stereocenters. The minimum Gasteiger partial charge on any atom is -0.477 e. The Labute approximate surface area is 174 Å². The fourth-order valence-electron chi connectivity index (χ4n) is 3.38. The van der Waals surface area contributed by atoms with E-state index >= 15 is 0 Å². The minimum absolute atomic E-state index is 0.0242. The first-order valence-electron chi connectivity index (χ1n) is 8.58. The number of hydrogen-bond acceptors (Lipinski definition) is 2. The Balaban J connectivity index is 2.47. The van der Waals surface area contributed by atoms with Crippen molar-refractivity contribution in [1.29, 1.82) is 0 Å². The third-order valence-electron chi connectivity index (χ3n) is 4.65. The van der Waals surface area contributed by atoms with Gasteiger partial charge < -0.3 is 9.67 Å². The number of aromatic carboxylic acids is 1. The number of nitrogens with zero attached hydrogens (tertiary/aromatic N) is 1. The molecule has 2 aromatic carbocycles. The zero-order valence-electron chi connectivity index (χ0n) is 15.4. The van der Waals surface area contributed by atoms with E-state index in [0.29, 0.717) is 5.69 Å². The molecule has 0 amide bonds. The van der Waals surface area contributed by atoms with E-state index in [4.69, 9.17) is 23.2 Å². The molecule has 0 aliphatic carbocycles. The summed E-state index contributed by atoms with van der Waals surface area (Å²) >= 11 is 11.5. The standard InChI is InChI=1S/C21H15Cl2F2NO3/c1-3-26-10(2)17(13-6-5-12(22)9-15(13)24)20(27)18(21(28)29)19(26)11-4-7-14(23)16(25)8-11/h4-9H,3H2,1-2H3,(H,28,29). The SMILES string of the molecule is CCn1c(C)c(-c2ccc(Cl)cc2F)c(=O)c(C(=O)O)c1-c1ccc(Cl)c(F)c1. The van der Waals surface area contributed by atoms with E-state index in [1.807, 2.05) is 0 Å². The molecule has 0 unspecified atom stereocenters. The smallest absolute Gasteiger partial charge is 0.341 e. The second-order valence-electron chi connectivity index (χ2n) is 6.32. The zero-order chi connectivity index (χ0) is 21.5. The summed E-state index contributed by atoms with van der Waals surface area (Å²) < 4.78 is 30.1. The van der Waals surface area contributed by atoms with Gasteiger partial charge in [0.05, 0.1) is 16.3 Å². The molecule has 0 bridgehead atoms. The van der Waals surface area contributed by atoms with Crippen LogP contribution in [0.25, 0.3) is 22.4 Å². The van der Waals surface area contributed by atoms with E-state index in [0.717, 1.165) is 12.1 Å². The lowest BCUT2D eigenvalue weighted by atomic mass is 9.96. The molecular formula is C21H15Cl2F2NO3. The van der Waals surface area contributed by atoms with Gasteiger partial charge in [-0.15, -0.1) is 0 Å². The molecule has 0 radical (unpaired) electrons. The van der Waals surface area contributed by atoms with Gasteiger partial charge in [0.15, 0.2) is 0 Å². The summed E-state index contributed by atoms with van der Waals surface area (Å²) in [6.45, 7) is 3.57. The van der Waals surface area contributed by atoms with Crippen LogP contribution in [0.15, 0.2) is 41.2 Å². The van der Waals surface area contributed by atoms with Crippen LogP contribution in [0, 0.1) is 18.6 Å². The first-order chi connectivity index (χ1) is 13.7. The molecule has 0 aliphatic rings. The number of pyridine rings is 1. The molecular weight excluding hydrogens is 423 g/mol. The average Bonchev–Trinajstić information content (AvgIpc) is 2.65. The van der Waals surface area contributed by atoms with Gasteiger partial charge in [0.1, 0.15) is 17.2 Å². The van der Waals surface area contributed by atoms with Crippen LogP contribution < -0.4 is 5.43 Å². The monoisotopic (exact) mass is 437 g/mol. The number of rotatable bonds is 4. The Morgan fingerprint density at radius 1 is 1.10 bits per heavy atom. The normalized spacial score (nSPS) is 11.0. The largest absolute Gasteiger partial charge is 0.477 e. The molecule has 1 N–H and O–H groups in total. The molecule has 0 saturated carbocycles. The number of carboxylic acids is 1. The number of aromatic nitrogens is 1. The molecule has 3 aromatic rings. The van der Waals surface area contributed by atoms with E-state index < -0.39 is 28.6 Å². The highest BCUT2D eigenvalue weighted by Gasteiger charge is 2.27. The van der Waals surface area contributed by atoms with Gasteiger partial charge in [0, 0.05) is 28.4 Å². The Morgan fingerprint density at radius 2 is 1.79 bits per heavy atom. The fraction of sp³-hybridized carbons (Fsp3) is 0.143. The van der Waals surface area contributed by atoms with Crippen LogP contribution in [-0.2, 0) is 6.54 Å². The van der Waals surface area contributed by atoms with Crippen LogP contribution in [0.1, 0.15) is 23.0 Å². The molecule has 0 fully saturated rings. The van der Waals surface area contributed by atoms with Gasteiger partial charge >= 0.3 is 5.97 Å². The summed E-state index contributed by atoms with van der Waals surface area (Å²) in [5.74, 6) is -3.00. The van der Waals surface area contributed by atoms with Crippen LogP contribution in [0.5, 0.6) is 0 Å². The lowest BCUT2D eigenvalue weighted by Gasteiger charge is -2.21. The van der Waals surface area contributed by atoms with Crippen molar-refractivity contribution in [2.75, 3.05) is 0 Å². The summed E-state index contributed by atoms with van der Waals surface area (Å²) in [5, 5.41) is 9.79. The Bertz CT molecular complexity index is 1210. The van der Waals surface area contributed by atoms with E-state index in [-0.39, 0.29) is 39.0 Å². The van der Waals surface area contributed by atoms with Crippen LogP contribution in [0.2, 0.25) is 10.0 Å². The highest BCUT2D eigenvalue weighted by atomic mass is 35.5. The van der Waals surface area contributed by atoms with Crippen molar-refractivity contribution >= 4 is 29.2 Å². The number of carboxylic acid groups (broad SMARTS) is 1. The second-order valence-corrected chi connectivity index (χ2v) is 7.16. The lowest BCUT2D eigenvalue weighted by Crippen LogP contribution is -2.25. The third-order valence-corrected chi connectivity index (χ3v) is 5.19. The van der Waals surface area contributed by atoms with Crippen molar-refractivity contribution in [2.24, 2.45) is 0 Å². The number of carbonyl (C=O) groups is 1. The maximum Gasteiger partial charge on any atom is 0.341 e. The van der Waals surface area contributed by atoms with Crippen molar-refractivity contribution < 1.29 is 18.7 Å². The average molecular weight is 438 g/mol. The van der Waals surface area contributed by atoms with Gasteiger partial charge in [0.25, 0.3) is 0 Å². The summed E-state index contributed by atoms with van der Waals surface area (Å²) in [6, 6.07) is 7.57. The molecule has 3 rings (SSSR count). The van der Waals surface area contributed by atoms with Crippen LogP contribution in [0.4, 0.5) is 8.78 Å². The molecule has 29 heavy (non-hydrogen) atoms. The fourth-order valence-corrected chi connectivity index (χ4v) is 3.66.